The van der Waals surface area contributed by atoms with E-state index < -0.39 is 0 Å². The molecule has 0 aromatic carbocycles. The van der Waals surface area contributed by atoms with Crippen LogP contribution in [0, 0.1) is 46.8 Å². The molecule has 0 aromatic rings. The second-order valence-corrected chi connectivity index (χ2v) is 12.2. The van der Waals surface area contributed by atoms with Crippen molar-refractivity contribution in [1.29, 1.82) is 0 Å². The molecule has 5 aliphatic rings. The first kappa shape index (κ1) is 21.7. The van der Waals surface area contributed by atoms with Gasteiger partial charge in [-0.25, -0.2) is 0 Å². The van der Waals surface area contributed by atoms with E-state index in [9.17, 15) is 9.59 Å². The lowest BCUT2D eigenvalue weighted by atomic mass is 9.47. The van der Waals surface area contributed by atoms with E-state index in [1.807, 2.05) is 6.08 Å². The minimum Gasteiger partial charge on any atom is -0.462 e. The quantitative estimate of drug-likeness (QED) is 0.482. The monoisotopic (exact) mass is 426 g/mol. The molecule has 3 heteroatoms. The van der Waals surface area contributed by atoms with Gasteiger partial charge < -0.3 is 4.74 Å². The molecule has 0 radical (unpaired) electrons. The lowest BCUT2D eigenvalue weighted by molar-refractivity contribution is -0.163. The van der Waals surface area contributed by atoms with E-state index >= 15 is 0 Å². The first-order chi connectivity index (χ1) is 14.9. The molecule has 4 fully saturated rings. The number of hydrogen-bond donors (Lipinski definition) is 0. The Morgan fingerprint density at radius 2 is 1.84 bits per heavy atom. The highest BCUT2D eigenvalue weighted by molar-refractivity contribution is 5.91. The Labute approximate surface area is 188 Å². The Morgan fingerprint density at radius 3 is 2.61 bits per heavy atom. The van der Waals surface area contributed by atoms with E-state index in [4.69, 9.17) is 4.74 Å². The van der Waals surface area contributed by atoms with Gasteiger partial charge in [-0.3, -0.25) is 9.59 Å². The predicted molar refractivity (Wildman–Crippen MR) is 122 cm³/mol. The van der Waals surface area contributed by atoms with Crippen molar-refractivity contribution in [2.45, 2.75) is 104 Å². The Kier molecular flexibility index (Phi) is 5.84. The normalized spacial score (nSPS) is 44.9. The van der Waals surface area contributed by atoms with Crippen molar-refractivity contribution in [3.8, 4) is 0 Å². The number of esters is 1. The van der Waals surface area contributed by atoms with Crippen LogP contribution in [-0.2, 0) is 14.3 Å². The summed E-state index contributed by atoms with van der Waals surface area (Å²) in [6.45, 7) is 7.31. The fraction of sp³-hybridized carbons (Fsp3) is 0.857. The van der Waals surface area contributed by atoms with E-state index in [0.717, 1.165) is 38.0 Å². The summed E-state index contributed by atoms with van der Waals surface area (Å²) in [6, 6.07) is 0. The minimum atomic E-state index is 0.0567. The zero-order chi connectivity index (χ0) is 21.8. The van der Waals surface area contributed by atoms with Crippen molar-refractivity contribution in [3.05, 3.63) is 11.6 Å². The van der Waals surface area contributed by atoms with Gasteiger partial charge in [0, 0.05) is 18.3 Å². The molecule has 3 unspecified atom stereocenters. The van der Waals surface area contributed by atoms with Crippen LogP contribution in [0.25, 0.3) is 0 Å². The van der Waals surface area contributed by atoms with Crippen LogP contribution in [0.3, 0.4) is 0 Å². The summed E-state index contributed by atoms with van der Waals surface area (Å²) in [5.41, 5.74) is 1.58. The Morgan fingerprint density at radius 1 is 1.06 bits per heavy atom. The van der Waals surface area contributed by atoms with Gasteiger partial charge in [-0.05, 0) is 86.0 Å². The molecule has 0 spiro atoms. The SMILES string of the molecule is CC1CC2=CC(=O)CC[C@@H]2[C@H]2C(C)C[C@]3(C)C(OC(=O)CCC4CCCC4)CC[C@H]3[C@H]12. The van der Waals surface area contributed by atoms with Crippen LogP contribution in [0.1, 0.15) is 97.8 Å². The molecule has 8 atom stereocenters. The van der Waals surface area contributed by atoms with Gasteiger partial charge in [0.15, 0.2) is 5.78 Å². The molecule has 0 saturated heterocycles. The highest BCUT2D eigenvalue weighted by Crippen LogP contribution is 2.65. The lowest BCUT2D eigenvalue weighted by Gasteiger charge is -2.58. The highest BCUT2D eigenvalue weighted by atomic mass is 16.5. The number of rotatable bonds is 4. The third-order valence-corrected chi connectivity index (χ3v) is 10.4. The molecule has 172 valence electrons. The van der Waals surface area contributed by atoms with Crippen LogP contribution in [0.2, 0.25) is 0 Å². The highest BCUT2D eigenvalue weighted by Gasteiger charge is 2.61. The van der Waals surface area contributed by atoms with Crippen molar-refractivity contribution in [2.24, 2.45) is 46.8 Å². The maximum absolute atomic E-state index is 12.8. The number of carbonyl (C=O) groups is 2. The smallest absolute Gasteiger partial charge is 0.306 e. The van der Waals surface area contributed by atoms with E-state index in [-0.39, 0.29) is 17.5 Å². The number of ether oxygens (including phenoxy) is 1. The number of hydrogen-bond acceptors (Lipinski definition) is 3. The van der Waals surface area contributed by atoms with Crippen LogP contribution in [-0.4, -0.2) is 17.9 Å². The van der Waals surface area contributed by atoms with Crippen molar-refractivity contribution in [1.82, 2.24) is 0 Å². The Balaban J connectivity index is 1.30. The summed E-state index contributed by atoms with van der Waals surface area (Å²) in [7, 11) is 0. The van der Waals surface area contributed by atoms with Gasteiger partial charge in [-0.2, -0.15) is 0 Å². The van der Waals surface area contributed by atoms with Gasteiger partial charge in [0.05, 0.1) is 0 Å². The topological polar surface area (TPSA) is 43.4 Å². The number of carbonyl (C=O) groups excluding carboxylic acids is 2. The van der Waals surface area contributed by atoms with Crippen LogP contribution < -0.4 is 0 Å². The van der Waals surface area contributed by atoms with Crippen molar-refractivity contribution < 1.29 is 14.3 Å². The molecule has 5 aliphatic carbocycles. The third-order valence-electron chi connectivity index (χ3n) is 10.4. The fourth-order valence-electron chi connectivity index (χ4n) is 9.12. The summed E-state index contributed by atoms with van der Waals surface area (Å²) >= 11 is 0. The second kappa shape index (κ2) is 8.34. The molecule has 0 N–H and O–H groups in total. The molecule has 0 aliphatic heterocycles. The molecular formula is C28H42O3. The molecule has 5 rings (SSSR count). The first-order valence-electron chi connectivity index (χ1n) is 13.3. The maximum atomic E-state index is 12.8. The van der Waals surface area contributed by atoms with E-state index in [2.05, 4.69) is 20.8 Å². The zero-order valence-corrected chi connectivity index (χ0v) is 19.9. The fourth-order valence-corrected chi connectivity index (χ4v) is 9.12. The summed E-state index contributed by atoms with van der Waals surface area (Å²) in [5, 5.41) is 0. The molecule has 0 aromatic heterocycles. The maximum Gasteiger partial charge on any atom is 0.306 e. The summed E-state index contributed by atoms with van der Waals surface area (Å²) in [5.74, 6) is 5.11. The third kappa shape index (κ3) is 3.82. The standard InChI is InChI=1S/C28H42O3/c1-17-14-20-15-21(29)9-10-22(20)26-18(2)16-28(3)23(27(17)26)11-12-24(28)31-25(30)13-8-19-6-4-5-7-19/h15,17-19,22-24,26-27H,4-14,16H2,1-3H3/t17?,18?,22-,23-,24?,26+,27-,28-/m0/s1. The first-order valence-corrected chi connectivity index (χ1v) is 13.3. The summed E-state index contributed by atoms with van der Waals surface area (Å²) < 4.78 is 6.23. The van der Waals surface area contributed by atoms with Crippen LogP contribution in [0.15, 0.2) is 11.6 Å². The summed E-state index contributed by atoms with van der Waals surface area (Å²) in [4.78, 5) is 24.8. The van der Waals surface area contributed by atoms with Crippen LogP contribution in [0.5, 0.6) is 0 Å². The van der Waals surface area contributed by atoms with Crippen molar-refractivity contribution in [3.63, 3.8) is 0 Å². The van der Waals surface area contributed by atoms with Gasteiger partial charge in [-0.1, -0.05) is 52.0 Å². The van der Waals surface area contributed by atoms with Gasteiger partial charge >= 0.3 is 5.97 Å². The average molecular weight is 427 g/mol. The molecule has 3 nitrogen and oxygen atoms in total. The number of allylic oxidation sites excluding steroid dienone is 1. The van der Waals surface area contributed by atoms with Gasteiger partial charge in [0.2, 0.25) is 0 Å². The number of fused-ring (bicyclic) bond motifs is 5. The zero-order valence-electron chi connectivity index (χ0n) is 19.9. The largest absolute Gasteiger partial charge is 0.462 e. The average Bonchev–Trinajstić information content (AvgIpc) is 3.34. The van der Waals surface area contributed by atoms with Gasteiger partial charge in [0.25, 0.3) is 0 Å². The minimum absolute atomic E-state index is 0.0567. The molecule has 0 bridgehead atoms. The molecule has 0 heterocycles. The van der Waals surface area contributed by atoms with Gasteiger partial charge in [-0.15, -0.1) is 0 Å². The number of ketones is 1. The second-order valence-electron chi connectivity index (χ2n) is 12.2. The van der Waals surface area contributed by atoms with Crippen molar-refractivity contribution in [2.75, 3.05) is 0 Å². The predicted octanol–water partition coefficient (Wildman–Crippen LogP) is 6.50. The molecule has 31 heavy (non-hydrogen) atoms. The Bertz CT molecular complexity index is 747. The van der Waals surface area contributed by atoms with Crippen LogP contribution >= 0.6 is 0 Å². The molecule has 0 amide bonds. The van der Waals surface area contributed by atoms with E-state index in [0.29, 0.717) is 47.7 Å². The van der Waals surface area contributed by atoms with Crippen LogP contribution in [0.4, 0.5) is 0 Å². The summed E-state index contributed by atoms with van der Waals surface area (Å²) in [6.07, 6.45) is 15.4. The van der Waals surface area contributed by atoms with E-state index in [1.165, 1.54) is 44.1 Å². The molecule has 4 saturated carbocycles. The Hall–Kier alpha value is -1.12. The van der Waals surface area contributed by atoms with Crippen molar-refractivity contribution >= 4 is 11.8 Å². The lowest BCUT2D eigenvalue weighted by Crippen LogP contribution is -2.54. The van der Waals surface area contributed by atoms with E-state index in [1.54, 1.807) is 0 Å². The van der Waals surface area contributed by atoms with Gasteiger partial charge in [0.1, 0.15) is 6.10 Å². The molecular weight excluding hydrogens is 384 g/mol.